The normalized spacial score (nSPS) is 18.1. The molecule has 1 aliphatic rings. The molecule has 3 nitrogen and oxygen atoms in total. The van der Waals surface area contributed by atoms with E-state index in [1.165, 1.54) is 12.2 Å². The van der Waals surface area contributed by atoms with Crippen LogP contribution in [0.3, 0.4) is 0 Å². The van der Waals surface area contributed by atoms with E-state index in [2.05, 4.69) is 29.3 Å². The second-order valence-corrected chi connectivity index (χ2v) is 4.06. The maximum atomic E-state index is 13.4. The molecule has 18 heavy (non-hydrogen) atoms. The maximum Gasteiger partial charge on any atom is 0.123 e. The van der Waals surface area contributed by atoms with Crippen LogP contribution in [0.15, 0.2) is 48.0 Å². The molecular formula is C14H22FN3. The lowest BCUT2D eigenvalue weighted by Gasteiger charge is -2.19. The quantitative estimate of drug-likeness (QED) is 0.537. The maximum absolute atomic E-state index is 13.4. The first-order chi connectivity index (χ1) is 8.71. The summed E-state index contributed by atoms with van der Waals surface area (Å²) >= 11 is 0. The minimum atomic E-state index is -0.254. The Bertz CT molecular complexity index is 365. The Morgan fingerprint density at radius 1 is 1.67 bits per heavy atom. The highest BCUT2D eigenvalue weighted by Crippen LogP contribution is 2.20. The summed E-state index contributed by atoms with van der Waals surface area (Å²) < 4.78 is 13.4. The Hall–Kier alpha value is -1.39. The number of allylic oxidation sites excluding steroid dienone is 4. The summed E-state index contributed by atoms with van der Waals surface area (Å²) in [6, 6.07) is 0. The van der Waals surface area contributed by atoms with Crippen LogP contribution in [0.1, 0.15) is 13.3 Å². The molecule has 0 saturated carbocycles. The standard InChI is InChI=1S/C14H22FN3/c1-4-6-14(15)9-13-11-17-10-12(13)7-8-18(5-2)16-3/h4,6,9-10,16-17H,1,5,7-8,11H2,2-3H3/b13-9+,14-6+. The lowest BCUT2D eigenvalue weighted by atomic mass is 10.1. The minimum Gasteiger partial charge on any atom is -0.387 e. The Kier molecular flexibility index (Phi) is 6.39. The molecule has 0 spiro atoms. The summed E-state index contributed by atoms with van der Waals surface area (Å²) in [6.45, 7) is 8.13. The molecule has 0 aliphatic carbocycles. The fraction of sp³-hybridized carbons (Fsp3) is 0.429. The third kappa shape index (κ3) is 4.47. The van der Waals surface area contributed by atoms with E-state index >= 15 is 0 Å². The summed E-state index contributed by atoms with van der Waals surface area (Å²) in [4.78, 5) is 0. The lowest BCUT2D eigenvalue weighted by Crippen LogP contribution is -2.35. The molecule has 1 rings (SSSR count). The zero-order valence-electron chi connectivity index (χ0n) is 11.2. The first-order valence-electron chi connectivity index (χ1n) is 6.25. The predicted octanol–water partition coefficient (Wildman–Crippen LogP) is 2.29. The van der Waals surface area contributed by atoms with Gasteiger partial charge in [-0.2, -0.15) is 0 Å². The van der Waals surface area contributed by atoms with Gasteiger partial charge in [0.2, 0.25) is 0 Å². The summed E-state index contributed by atoms with van der Waals surface area (Å²) in [6.07, 6.45) is 7.27. The fourth-order valence-corrected chi connectivity index (χ4v) is 1.88. The molecule has 0 aromatic heterocycles. The van der Waals surface area contributed by atoms with Gasteiger partial charge in [0.05, 0.1) is 0 Å². The highest BCUT2D eigenvalue weighted by Gasteiger charge is 2.12. The molecule has 2 N–H and O–H groups in total. The molecule has 0 unspecified atom stereocenters. The van der Waals surface area contributed by atoms with E-state index in [0.29, 0.717) is 6.54 Å². The van der Waals surface area contributed by atoms with Crippen molar-refractivity contribution in [3.8, 4) is 0 Å². The second-order valence-electron chi connectivity index (χ2n) is 4.06. The Morgan fingerprint density at radius 2 is 2.44 bits per heavy atom. The number of hydrazine groups is 1. The summed E-state index contributed by atoms with van der Waals surface area (Å²) in [5, 5.41) is 5.26. The third-order valence-corrected chi connectivity index (χ3v) is 2.92. The summed E-state index contributed by atoms with van der Waals surface area (Å²) in [5.41, 5.74) is 5.29. The van der Waals surface area contributed by atoms with Crippen LogP contribution in [0.2, 0.25) is 0 Å². The van der Waals surface area contributed by atoms with Crippen molar-refractivity contribution in [3.63, 3.8) is 0 Å². The molecule has 0 bridgehead atoms. The molecule has 0 fully saturated rings. The Labute approximate surface area is 109 Å². The Balaban J connectivity index is 2.60. The number of nitrogens with zero attached hydrogens (tertiary/aromatic N) is 1. The third-order valence-electron chi connectivity index (χ3n) is 2.92. The molecule has 100 valence electrons. The van der Waals surface area contributed by atoms with E-state index in [4.69, 9.17) is 0 Å². The van der Waals surface area contributed by atoms with Crippen molar-refractivity contribution >= 4 is 0 Å². The van der Waals surface area contributed by atoms with E-state index in [1.807, 2.05) is 13.2 Å². The van der Waals surface area contributed by atoms with Crippen molar-refractivity contribution in [3.05, 3.63) is 48.0 Å². The van der Waals surface area contributed by atoms with Crippen LogP contribution in [0.5, 0.6) is 0 Å². The van der Waals surface area contributed by atoms with E-state index in [0.717, 1.165) is 30.7 Å². The van der Waals surface area contributed by atoms with Crippen LogP contribution in [0.4, 0.5) is 4.39 Å². The SMILES string of the molecule is C=C/C=C(F)\C=C1/CNC=C1CCN(CC)NC. The average molecular weight is 251 g/mol. The van der Waals surface area contributed by atoms with Crippen LogP contribution in [-0.4, -0.2) is 31.7 Å². The topological polar surface area (TPSA) is 27.3 Å². The van der Waals surface area contributed by atoms with Crippen molar-refractivity contribution in [2.75, 3.05) is 26.7 Å². The monoisotopic (exact) mass is 251 g/mol. The molecule has 0 radical (unpaired) electrons. The molecule has 0 saturated heterocycles. The van der Waals surface area contributed by atoms with Crippen LogP contribution < -0.4 is 10.7 Å². The largest absolute Gasteiger partial charge is 0.387 e. The zero-order valence-corrected chi connectivity index (χ0v) is 11.2. The number of rotatable bonds is 7. The van der Waals surface area contributed by atoms with Crippen LogP contribution in [-0.2, 0) is 0 Å². The van der Waals surface area contributed by atoms with E-state index in [-0.39, 0.29) is 5.83 Å². The highest BCUT2D eigenvalue weighted by atomic mass is 19.1. The molecule has 0 amide bonds. The van der Waals surface area contributed by atoms with Gasteiger partial charge in [-0.3, -0.25) is 5.43 Å². The van der Waals surface area contributed by atoms with Crippen molar-refractivity contribution in [1.29, 1.82) is 0 Å². The van der Waals surface area contributed by atoms with Crippen molar-refractivity contribution in [1.82, 2.24) is 15.8 Å². The molecule has 0 aromatic carbocycles. The highest BCUT2D eigenvalue weighted by molar-refractivity contribution is 5.40. The van der Waals surface area contributed by atoms with E-state index in [1.54, 1.807) is 6.08 Å². The smallest absolute Gasteiger partial charge is 0.123 e. The molecule has 0 aromatic rings. The fourth-order valence-electron chi connectivity index (χ4n) is 1.88. The molecule has 4 heteroatoms. The number of hydrogen-bond donors (Lipinski definition) is 2. The molecule has 1 aliphatic heterocycles. The van der Waals surface area contributed by atoms with Crippen LogP contribution in [0, 0.1) is 0 Å². The number of hydrogen-bond acceptors (Lipinski definition) is 3. The van der Waals surface area contributed by atoms with Crippen LogP contribution in [0.25, 0.3) is 0 Å². The summed E-state index contributed by atoms with van der Waals surface area (Å²) in [5.74, 6) is -0.254. The van der Waals surface area contributed by atoms with Gasteiger partial charge in [0, 0.05) is 25.8 Å². The predicted molar refractivity (Wildman–Crippen MR) is 74.5 cm³/mol. The second kappa shape index (κ2) is 7.84. The minimum absolute atomic E-state index is 0.254. The molecule has 0 atom stereocenters. The number of halogens is 1. The zero-order chi connectivity index (χ0) is 13.4. The van der Waals surface area contributed by atoms with Gasteiger partial charge in [-0.15, -0.1) is 0 Å². The van der Waals surface area contributed by atoms with Crippen molar-refractivity contribution < 1.29 is 4.39 Å². The lowest BCUT2D eigenvalue weighted by molar-refractivity contribution is 0.222. The van der Waals surface area contributed by atoms with Gasteiger partial charge in [-0.05, 0) is 36.8 Å². The molecule has 1 heterocycles. The molecular weight excluding hydrogens is 229 g/mol. The van der Waals surface area contributed by atoms with Gasteiger partial charge in [-0.1, -0.05) is 19.6 Å². The summed E-state index contributed by atoms with van der Waals surface area (Å²) in [7, 11) is 1.91. The Morgan fingerprint density at radius 3 is 3.06 bits per heavy atom. The van der Waals surface area contributed by atoms with Gasteiger partial charge < -0.3 is 5.32 Å². The number of nitrogens with one attached hydrogen (secondary N) is 2. The van der Waals surface area contributed by atoms with Gasteiger partial charge in [0.15, 0.2) is 0 Å². The van der Waals surface area contributed by atoms with Gasteiger partial charge in [0.1, 0.15) is 5.83 Å². The van der Waals surface area contributed by atoms with Gasteiger partial charge in [-0.25, -0.2) is 9.40 Å². The first-order valence-corrected chi connectivity index (χ1v) is 6.25. The van der Waals surface area contributed by atoms with Crippen LogP contribution >= 0.6 is 0 Å². The van der Waals surface area contributed by atoms with E-state index in [9.17, 15) is 4.39 Å². The first kappa shape index (κ1) is 14.7. The van der Waals surface area contributed by atoms with Crippen molar-refractivity contribution in [2.45, 2.75) is 13.3 Å². The van der Waals surface area contributed by atoms with Crippen molar-refractivity contribution in [2.24, 2.45) is 0 Å². The van der Waals surface area contributed by atoms with E-state index < -0.39 is 0 Å². The van der Waals surface area contributed by atoms with Gasteiger partial charge >= 0.3 is 0 Å². The average Bonchev–Trinajstić information content (AvgIpc) is 2.78. The van der Waals surface area contributed by atoms with Gasteiger partial charge in [0.25, 0.3) is 0 Å².